The van der Waals surface area contributed by atoms with Gasteiger partial charge in [-0.15, -0.1) is 35.3 Å². The van der Waals surface area contributed by atoms with Crippen LogP contribution in [0.5, 0.6) is 0 Å². The number of rotatable bonds is 6. The molecule has 0 spiro atoms. The fraction of sp³-hybridized carbons (Fsp3) is 0.944. The summed E-state index contributed by atoms with van der Waals surface area (Å²) in [4.78, 5) is 12.2. The van der Waals surface area contributed by atoms with Crippen molar-refractivity contribution in [2.45, 2.75) is 56.0 Å². The molecule has 0 radical (unpaired) electrons. The van der Waals surface area contributed by atoms with Gasteiger partial charge in [-0.3, -0.25) is 4.79 Å². The molecule has 3 unspecified atom stereocenters. The van der Waals surface area contributed by atoms with Crippen LogP contribution in [-0.4, -0.2) is 34.3 Å². The minimum absolute atomic E-state index is 0.0160. The third kappa shape index (κ3) is 4.03. The second kappa shape index (κ2) is 8.27. The molecule has 2 nitrogen and oxygen atoms in total. The molecule has 0 amide bonds. The zero-order chi connectivity index (χ0) is 17.2. The molecular formula is C18H32O2S3. The predicted molar refractivity (Wildman–Crippen MR) is 106 cm³/mol. The second-order valence-electron chi connectivity index (χ2n) is 7.47. The van der Waals surface area contributed by atoms with Crippen LogP contribution in [0.2, 0.25) is 0 Å². The molecule has 1 aliphatic heterocycles. The van der Waals surface area contributed by atoms with E-state index in [1.54, 1.807) is 0 Å². The van der Waals surface area contributed by atoms with Crippen molar-refractivity contribution in [3.8, 4) is 0 Å². The van der Waals surface area contributed by atoms with Crippen molar-refractivity contribution in [3.05, 3.63) is 0 Å². The molecular weight excluding hydrogens is 344 g/mol. The van der Waals surface area contributed by atoms with Crippen LogP contribution in [0.1, 0.15) is 46.5 Å². The molecule has 2 rings (SSSR count). The molecule has 23 heavy (non-hydrogen) atoms. The Morgan fingerprint density at radius 3 is 2.26 bits per heavy atom. The van der Waals surface area contributed by atoms with Crippen LogP contribution in [0.25, 0.3) is 0 Å². The largest absolute Gasteiger partial charge is 0.462 e. The van der Waals surface area contributed by atoms with Crippen LogP contribution < -0.4 is 0 Å². The van der Waals surface area contributed by atoms with Crippen molar-refractivity contribution < 1.29 is 9.53 Å². The summed E-state index contributed by atoms with van der Waals surface area (Å²) in [6.07, 6.45) is 11.0. The van der Waals surface area contributed by atoms with E-state index in [0.29, 0.717) is 30.1 Å². The lowest BCUT2D eigenvalue weighted by atomic mass is 9.66. The first-order valence-electron chi connectivity index (χ1n) is 8.73. The zero-order valence-electron chi connectivity index (χ0n) is 15.3. The van der Waals surface area contributed by atoms with Gasteiger partial charge in [-0.25, -0.2) is 0 Å². The van der Waals surface area contributed by atoms with Crippen molar-refractivity contribution in [2.75, 3.05) is 18.8 Å². The summed E-state index contributed by atoms with van der Waals surface area (Å²) in [6, 6.07) is 0. The van der Waals surface area contributed by atoms with Crippen LogP contribution >= 0.6 is 35.3 Å². The first-order chi connectivity index (χ1) is 10.9. The van der Waals surface area contributed by atoms with E-state index in [1.807, 2.05) is 35.3 Å². The number of thioether (sulfide) groups is 3. The van der Waals surface area contributed by atoms with E-state index in [1.165, 1.54) is 19.3 Å². The second-order valence-corrected chi connectivity index (χ2v) is 11.4. The zero-order valence-corrected chi connectivity index (χ0v) is 17.8. The van der Waals surface area contributed by atoms with E-state index in [0.717, 1.165) is 5.92 Å². The smallest absolute Gasteiger partial charge is 0.306 e. The molecule has 5 atom stereocenters. The highest BCUT2D eigenvalue weighted by Gasteiger charge is 2.53. The Labute approximate surface area is 155 Å². The molecule has 1 heterocycles. The number of hydrogen-bond acceptors (Lipinski definition) is 5. The van der Waals surface area contributed by atoms with Gasteiger partial charge in [0.05, 0.1) is 6.42 Å². The van der Waals surface area contributed by atoms with Crippen LogP contribution in [0, 0.1) is 29.6 Å². The highest BCUT2D eigenvalue weighted by Crippen LogP contribution is 2.56. The monoisotopic (exact) mass is 376 g/mol. The van der Waals surface area contributed by atoms with Gasteiger partial charge in [0.25, 0.3) is 0 Å². The Hall–Kier alpha value is 0.520. The quantitative estimate of drug-likeness (QED) is 0.459. The highest BCUT2D eigenvalue weighted by molar-refractivity contribution is 8.33. The lowest BCUT2D eigenvalue weighted by Crippen LogP contribution is -2.43. The van der Waals surface area contributed by atoms with Crippen molar-refractivity contribution in [3.63, 3.8) is 0 Å². The molecule has 1 saturated heterocycles. The standard InChI is InChI=1S/C18H32O2S3/c1-11(2)13-8-7-12(3)9-14(13)17-15(10-16(19)20-17)18(21-4,22-5)23-6/h11-15,17H,7-10H2,1-6H3/t12?,13?,14?,15-,17+/m1/s1. The van der Waals surface area contributed by atoms with Gasteiger partial charge in [0.15, 0.2) is 0 Å². The topological polar surface area (TPSA) is 26.3 Å². The molecule has 0 aromatic rings. The van der Waals surface area contributed by atoms with Gasteiger partial charge in [0.2, 0.25) is 0 Å². The third-order valence-electron chi connectivity index (χ3n) is 5.85. The summed E-state index contributed by atoms with van der Waals surface area (Å²) < 4.78 is 6.00. The van der Waals surface area contributed by atoms with Crippen molar-refractivity contribution in [1.82, 2.24) is 0 Å². The fourth-order valence-electron chi connectivity index (χ4n) is 4.65. The molecule has 2 fully saturated rings. The first-order valence-corrected chi connectivity index (χ1v) is 12.4. The summed E-state index contributed by atoms with van der Waals surface area (Å²) >= 11 is 5.67. The Kier molecular flexibility index (Phi) is 7.13. The van der Waals surface area contributed by atoms with E-state index >= 15 is 0 Å². The van der Waals surface area contributed by atoms with E-state index in [-0.39, 0.29) is 15.5 Å². The molecule has 1 saturated carbocycles. The van der Waals surface area contributed by atoms with Crippen LogP contribution in [-0.2, 0) is 9.53 Å². The summed E-state index contributed by atoms with van der Waals surface area (Å²) in [6.45, 7) is 7.04. The van der Waals surface area contributed by atoms with Gasteiger partial charge in [-0.05, 0) is 55.3 Å². The molecule has 2 aliphatic rings. The maximum absolute atomic E-state index is 12.2. The predicted octanol–water partition coefficient (Wildman–Crippen LogP) is 5.37. The summed E-state index contributed by atoms with van der Waals surface area (Å²) in [5, 5.41) is 0. The summed E-state index contributed by atoms with van der Waals surface area (Å²) in [5.74, 6) is 2.96. The summed E-state index contributed by atoms with van der Waals surface area (Å²) in [5.41, 5.74) is 0. The molecule has 1 aliphatic carbocycles. The first kappa shape index (κ1) is 19.8. The number of carbonyl (C=O) groups excluding carboxylic acids is 1. The Morgan fingerprint density at radius 1 is 1.13 bits per heavy atom. The van der Waals surface area contributed by atoms with E-state index in [4.69, 9.17) is 4.74 Å². The molecule has 0 aromatic heterocycles. The number of esters is 1. The van der Waals surface area contributed by atoms with Crippen LogP contribution in [0.4, 0.5) is 0 Å². The van der Waals surface area contributed by atoms with Gasteiger partial charge >= 0.3 is 5.97 Å². The summed E-state index contributed by atoms with van der Waals surface area (Å²) in [7, 11) is 0. The average Bonchev–Trinajstić information content (AvgIpc) is 2.91. The number of cyclic esters (lactones) is 1. The van der Waals surface area contributed by atoms with Gasteiger partial charge < -0.3 is 4.74 Å². The average molecular weight is 377 g/mol. The van der Waals surface area contributed by atoms with Crippen molar-refractivity contribution in [2.24, 2.45) is 29.6 Å². The SMILES string of the molecule is CSC(SC)(SC)[C@@H]1CC(=O)O[C@H]1C1CC(C)CCC1C(C)C. The highest BCUT2D eigenvalue weighted by atomic mass is 32.3. The van der Waals surface area contributed by atoms with Gasteiger partial charge in [-0.2, -0.15) is 0 Å². The molecule has 0 N–H and O–H groups in total. The number of carbonyl (C=O) groups is 1. The maximum atomic E-state index is 12.2. The lowest BCUT2D eigenvalue weighted by Gasteiger charge is -2.44. The van der Waals surface area contributed by atoms with E-state index in [9.17, 15) is 4.79 Å². The third-order valence-corrected chi connectivity index (χ3v) is 11.5. The maximum Gasteiger partial charge on any atom is 0.306 e. The Morgan fingerprint density at radius 2 is 1.74 bits per heavy atom. The van der Waals surface area contributed by atoms with E-state index in [2.05, 4.69) is 39.5 Å². The van der Waals surface area contributed by atoms with Crippen LogP contribution in [0.3, 0.4) is 0 Å². The Bertz CT molecular complexity index is 401. The Balaban J connectivity index is 2.31. The lowest BCUT2D eigenvalue weighted by molar-refractivity contribution is -0.145. The minimum Gasteiger partial charge on any atom is -0.462 e. The fourth-order valence-corrected chi connectivity index (χ4v) is 8.21. The molecule has 134 valence electrons. The molecule has 0 aromatic carbocycles. The molecule has 5 heteroatoms. The van der Waals surface area contributed by atoms with Gasteiger partial charge in [0.1, 0.15) is 9.52 Å². The number of hydrogen-bond donors (Lipinski definition) is 0. The molecule has 0 bridgehead atoms. The van der Waals surface area contributed by atoms with Crippen LogP contribution in [0.15, 0.2) is 0 Å². The minimum atomic E-state index is 0.0160. The van der Waals surface area contributed by atoms with Crippen molar-refractivity contribution in [1.29, 1.82) is 0 Å². The van der Waals surface area contributed by atoms with Crippen molar-refractivity contribution >= 4 is 41.3 Å². The van der Waals surface area contributed by atoms with E-state index < -0.39 is 0 Å². The van der Waals surface area contributed by atoms with Gasteiger partial charge in [-0.1, -0.05) is 27.2 Å². The normalized spacial score (nSPS) is 35.6. The number of ether oxygens (including phenoxy) is 1. The van der Waals surface area contributed by atoms with Gasteiger partial charge in [0, 0.05) is 5.92 Å².